The van der Waals surface area contributed by atoms with Gasteiger partial charge in [-0.05, 0) is 12.1 Å². The molecule has 2 rings (SSSR count). The summed E-state index contributed by atoms with van der Waals surface area (Å²) in [6.45, 7) is 0. The van der Waals surface area contributed by atoms with Crippen molar-refractivity contribution >= 4 is 45.5 Å². The fraction of sp³-hybridized carbons (Fsp3) is 0. The molecule has 0 aliphatic rings. The molecule has 2 aromatic heterocycles. The molecule has 62 valence electrons. The molecule has 2 aromatic rings. The summed E-state index contributed by atoms with van der Waals surface area (Å²) in [5, 5.41) is 3.67. The van der Waals surface area contributed by atoms with E-state index >= 15 is 0 Å². The van der Waals surface area contributed by atoms with Crippen LogP contribution in [0.3, 0.4) is 0 Å². The Labute approximate surface area is 90.9 Å². The smallest absolute Gasteiger partial charge is 0.268 e. The Morgan fingerprint density at radius 2 is 2.33 bits per heavy atom. The molecule has 0 aliphatic carbocycles. The van der Waals surface area contributed by atoms with Crippen molar-refractivity contribution < 1.29 is 4.52 Å². The highest BCUT2D eigenvalue weighted by atomic mass is 127. The molecule has 0 saturated heterocycles. The van der Waals surface area contributed by atoms with E-state index in [1.54, 1.807) is 6.07 Å². The van der Waals surface area contributed by atoms with Crippen LogP contribution in [0.5, 0.6) is 0 Å². The third kappa shape index (κ3) is 1.62. The van der Waals surface area contributed by atoms with Crippen LogP contribution in [0, 0.1) is 3.83 Å². The second-order valence-corrected chi connectivity index (χ2v) is 4.65. The fourth-order valence-corrected chi connectivity index (χ4v) is 2.02. The topological polar surface area (TPSA) is 38.9 Å². The molecule has 0 amide bonds. The number of rotatable bonds is 1. The summed E-state index contributed by atoms with van der Waals surface area (Å²) in [6.07, 6.45) is 0. The zero-order chi connectivity index (χ0) is 8.55. The molecule has 0 fully saturated rings. The van der Waals surface area contributed by atoms with Crippen molar-refractivity contribution in [2.45, 2.75) is 0 Å². The molecular weight excluding hydrogens is 311 g/mol. The van der Waals surface area contributed by atoms with Crippen LogP contribution in [0.25, 0.3) is 10.8 Å². The number of hydrogen-bond donors (Lipinski definition) is 0. The Kier molecular flexibility index (Phi) is 2.33. The van der Waals surface area contributed by atoms with E-state index in [-0.39, 0.29) is 0 Å². The van der Waals surface area contributed by atoms with Crippen molar-refractivity contribution in [3.05, 3.63) is 20.3 Å². The lowest BCUT2D eigenvalue weighted by molar-refractivity contribution is 0.426. The summed E-state index contributed by atoms with van der Waals surface area (Å²) in [5.74, 6) is 0.524. The summed E-state index contributed by atoms with van der Waals surface area (Å²) in [5.41, 5.74) is 0. The predicted molar refractivity (Wildman–Crippen MR) is 55.3 cm³/mol. The first kappa shape index (κ1) is 8.46. The molecule has 0 N–H and O–H groups in total. The van der Waals surface area contributed by atoms with Crippen molar-refractivity contribution in [3.63, 3.8) is 0 Å². The van der Waals surface area contributed by atoms with Gasteiger partial charge in [-0.3, -0.25) is 0 Å². The zero-order valence-corrected chi connectivity index (χ0v) is 9.35. The SMILES string of the molecule is Clc1ccc(-c2nc(I)no2)s1. The summed E-state index contributed by atoms with van der Waals surface area (Å²) >= 11 is 9.15. The average molecular weight is 313 g/mol. The molecule has 0 spiro atoms. The van der Waals surface area contributed by atoms with Crippen LogP contribution in [0.4, 0.5) is 0 Å². The molecule has 12 heavy (non-hydrogen) atoms. The molecule has 0 atom stereocenters. The van der Waals surface area contributed by atoms with Gasteiger partial charge >= 0.3 is 0 Å². The van der Waals surface area contributed by atoms with E-state index in [9.17, 15) is 0 Å². The fourth-order valence-electron chi connectivity index (χ4n) is 0.735. The van der Waals surface area contributed by atoms with Gasteiger partial charge in [-0.2, -0.15) is 4.98 Å². The monoisotopic (exact) mass is 312 g/mol. The second kappa shape index (κ2) is 3.31. The first-order valence-electron chi connectivity index (χ1n) is 3.00. The van der Waals surface area contributed by atoms with E-state index in [1.165, 1.54) is 11.3 Å². The molecule has 3 nitrogen and oxygen atoms in total. The van der Waals surface area contributed by atoms with E-state index in [2.05, 4.69) is 10.1 Å². The lowest BCUT2D eigenvalue weighted by atomic mass is 10.5. The predicted octanol–water partition coefficient (Wildman–Crippen LogP) is 3.06. The van der Waals surface area contributed by atoms with Crippen molar-refractivity contribution in [3.8, 4) is 10.8 Å². The summed E-state index contributed by atoms with van der Waals surface area (Å²) in [4.78, 5) is 4.95. The van der Waals surface area contributed by atoms with E-state index < -0.39 is 0 Å². The lowest BCUT2D eigenvalue weighted by Gasteiger charge is -1.81. The van der Waals surface area contributed by atoms with Crippen LogP contribution in [-0.4, -0.2) is 10.1 Å². The van der Waals surface area contributed by atoms with Gasteiger partial charge in [-0.15, -0.1) is 11.3 Å². The number of aromatic nitrogens is 2. The molecule has 0 aromatic carbocycles. The van der Waals surface area contributed by atoms with Crippen molar-refractivity contribution in [2.75, 3.05) is 0 Å². The molecule has 0 bridgehead atoms. The lowest BCUT2D eigenvalue weighted by Crippen LogP contribution is -1.71. The normalized spacial score (nSPS) is 10.5. The van der Waals surface area contributed by atoms with E-state index in [4.69, 9.17) is 16.1 Å². The number of nitrogens with zero attached hydrogens (tertiary/aromatic N) is 2. The minimum atomic E-state index is 0.524. The molecule has 2 heterocycles. The summed E-state index contributed by atoms with van der Waals surface area (Å²) in [7, 11) is 0. The molecule has 0 radical (unpaired) electrons. The highest BCUT2D eigenvalue weighted by Crippen LogP contribution is 2.29. The van der Waals surface area contributed by atoms with E-state index in [1.807, 2.05) is 28.7 Å². The van der Waals surface area contributed by atoms with Crippen molar-refractivity contribution in [2.24, 2.45) is 0 Å². The molecule has 0 unspecified atom stereocenters. The van der Waals surface area contributed by atoms with Gasteiger partial charge in [0.2, 0.25) is 3.83 Å². The Balaban J connectivity index is 2.43. The Bertz CT molecular complexity index is 361. The van der Waals surface area contributed by atoms with Crippen molar-refractivity contribution in [1.29, 1.82) is 0 Å². The van der Waals surface area contributed by atoms with Gasteiger partial charge < -0.3 is 4.52 Å². The minimum Gasteiger partial charge on any atom is -0.332 e. The quantitative estimate of drug-likeness (QED) is 0.760. The molecule has 0 aliphatic heterocycles. The van der Waals surface area contributed by atoms with Crippen molar-refractivity contribution in [1.82, 2.24) is 10.1 Å². The Morgan fingerprint density at radius 1 is 1.50 bits per heavy atom. The summed E-state index contributed by atoms with van der Waals surface area (Å²) < 4.78 is 6.27. The molecule has 6 heteroatoms. The standard InChI is InChI=1S/C6H2ClIN2OS/c7-4-2-1-3(12-4)5-9-6(8)10-11-5/h1-2H. The number of thiophene rings is 1. The maximum Gasteiger partial charge on any atom is 0.268 e. The third-order valence-electron chi connectivity index (χ3n) is 1.19. The number of hydrogen-bond acceptors (Lipinski definition) is 4. The van der Waals surface area contributed by atoms with E-state index in [0.29, 0.717) is 9.72 Å². The van der Waals surface area contributed by atoms with Gasteiger partial charge in [0.1, 0.15) is 0 Å². The second-order valence-electron chi connectivity index (χ2n) is 1.97. The van der Waals surface area contributed by atoms with Gasteiger partial charge in [-0.25, -0.2) is 0 Å². The van der Waals surface area contributed by atoms with Gasteiger partial charge in [-0.1, -0.05) is 16.8 Å². The molecule has 0 saturated carbocycles. The molecular formula is C6H2ClIN2OS. The Morgan fingerprint density at radius 3 is 2.83 bits per heavy atom. The van der Waals surface area contributed by atoms with Crippen LogP contribution in [-0.2, 0) is 0 Å². The van der Waals surface area contributed by atoms with Gasteiger partial charge in [0.15, 0.2) is 0 Å². The van der Waals surface area contributed by atoms with Crippen LogP contribution in [0.2, 0.25) is 4.34 Å². The highest BCUT2D eigenvalue weighted by Gasteiger charge is 2.08. The highest BCUT2D eigenvalue weighted by molar-refractivity contribution is 14.1. The van der Waals surface area contributed by atoms with Crippen LogP contribution < -0.4 is 0 Å². The van der Waals surface area contributed by atoms with Gasteiger partial charge in [0.05, 0.1) is 9.21 Å². The van der Waals surface area contributed by atoms with Crippen LogP contribution in [0.15, 0.2) is 16.7 Å². The van der Waals surface area contributed by atoms with E-state index in [0.717, 1.165) is 9.21 Å². The minimum absolute atomic E-state index is 0.524. The zero-order valence-electron chi connectivity index (χ0n) is 5.62. The first-order valence-corrected chi connectivity index (χ1v) is 5.28. The summed E-state index contributed by atoms with van der Waals surface area (Å²) in [6, 6.07) is 3.66. The number of halogens is 2. The van der Waals surface area contributed by atoms with Gasteiger partial charge in [0.25, 0.3) is 5.89 Å². The van der Waals surface area contributed by atoms with Crippen LogP contribution in [0.1, 0.15) is 0 Å². The van der Waals surface area contributed by atoms with Crippen LogP contribution >= 0.6 is 45.5 Å². The first-order chi connectivity index (χ1) is 5.75. The maximum absolute atomic E-state index is 5.74. The third-order valence-corrected chi connectivity index (χ3v) is 2.84. The van der Waals surface area contributed by atoms with Gasteiger partial charge in [0, 0.05) is 22.6 Å². The average Bonchev–Trinajstić information content (AvgIpc) is 2.58. The Hall–Kier alpha value is -0.140. The largest absolute Gasteiger partial charge is 0.332 e. The maximum atomic E-state index is 5.74.